The number of carbonyl (C=O) groups is 1. The van der Waals surface area contributed by atoms with E-state index in [4.69, 9.17) is 0 Å². The van der Waals surface area contributed by atoms with Crippen molar-refractivity contribution < 1.29 is 14.3 Å². The third-order valence-corrected chi connectivity index (χ3v) is 3.86. The van der Waals surface area contributed by atoms with E-state index >= 15 is 0 Å². The molecule has 1 saturated heterocycles. The van der Waals surface area contributed by atoms with E-state index in [2.05, 4.69) is 23.8 Å². The number of hydrogen-bond acceptors (Lipinski definition) is 3. The highest BCUT2D eigenvalue weighted by Gasteiger charge is 2.21. The van der Waals surface area contributed by atoms with Gasteiger partial charge in [0.2, 0.25) is 0 Å². The second-order valence-electron chi connectivity index (χ2n) is 5.54. The molecule has 0 aromatic heterocycles. The lowest BCUT2D eigenvalue weighted by atomic mass is 10.1. The Hall–Kier alpha value is -1.46. The molecule has 1 unspecified atom stereocenters. The van der Waals surface area contributed by atoms with Crippen LogP contribution in [0.5, 0.6) is 0 Å². The van der Waals surface area contributed by atoms with Gasteiger partial charge in [-0.3, -0.25) is 4.90 Å². The summed E-state index contributed by atoms with van der Waals surface area (Å²) in [5.74, 6) is -1.58. The standard InChI is InChI=1S/C15H21FN2O2/c1-11-9-17(2)6-3-7-18(11)10-12-4-5-13(16)8-14(12)15(19)20/h4-5,8,11H,3,6-7,9-10H2,1-2H3,(H,19,20). The minimum absolute atomic E-state index is 0.0646. The van der Waals surface area contributed by atoms with E-state index in [1.54, 1.807) is 6.07 Å². The topological polar surface area (TPSA) is 43.8 Å². The lowest BCUT2D eigenvalue weighted by Gasteiger charge is -2.28. The summed E-state index contributed by atoms with van der Waals surface area (Å²) in [7, 11) is 2.10. The Balaban J connectivity index is 2.18. The minimum atomic E-state index is -1.07. The van der Waals surface area contributed by atoms with Crippen molar-refractivity contribution in [1.82, 2.24) is 9.80 Å². The monoisotopic (exact) mass is 280 g/mol. The average Bonchev–Trinajstić information content (AvgIpc) is 2.53. The first kappa shape index (κ1) is 14.9. The van der Waals surface area contributed by atoms with Crippen LogP contribution in [0.25, 0.3) is 0 Å². The summed E-state index contributed by atoms with van der Waals surface area (Å²) >= 11 is 0. The van der Waals surface area contributed by atoms with Crippen LogP contribution in [0, 0.1) is 5.82 Å². The quantitative estimate of drug-likeness (QED) is 0.920. The number of benzene rings is 1. The molecule has 110 valence electrons. The molecule has 0 amide bonds. The molecular formula is C15H21FN2O2. The van der Waals surface area contributed by atoms with Gasteiger partial charge in [0.25, 0.3) is 0 Å². The molecule has 4 nitrogen and oxygen atoms in total. The van der Waals surface area contributed by atoms with Gasteiger partial charge in [-0.15, -0.1) is 0 Å². The summed E-state index contributed by atoms with van der Waals surface area (Å²) in [5, 5.41) is 9.19. The molecule has 5 heteroatoms. The van der Waals surface area contributed by atoms with Crippen molar-refractivity contribution in [2.24, 2.45) is 0 Å². The summed E-state index contributed by atoms with van der Waals surface area (Å²) in [6, 6.07) is 4.37. The molecule has 0 spiro atoms. The molecule has 1 atom stereocenters. The predicted molar refractivity (Wildman–Crippen MR) is 75.3 cm³/mol. The number of likely N-dealkylation sites (N-methyl/N-ethyl adjacent to an activating group) is 1. The second-order valence-corrected chi connectivity index (χ2v) is 5.54. The van der Waals surface area contributed by atoms with Crippen molar-refractivity contribution in [2.45, 2.75) is 25.9 Å². The Labute approximate surface area is 118 Å². The molecule has 1 fully saturated rings. The lowest BCUT2D eigenvalue weighted by molar-refractivity contribution is 0.0693. The lowest BCUT2D eigenvalue weighted by Crippen LogP contribution is -2.37. The van der Waals surface area contributed by atoms with Crippen molar-refractivity contribution in [3.05, 3.63) is 35.1 Å². The van der Waals surface area contributed by atoms with E-state index in [0.717, 1.165) is 32.1 Å². The molecule has 1 aliphatic heterocycles. The molecule has 0 aliphatic carbocycles. The number of aromatic carboxylic acids is 1. The van der Waals surface area contributed by atoms with Crippen molar-refractivity contribution in [2.75, 3.05) is 26.7 Å². The van der Waals surface area contributed by atoms with Gasteiger partial charge in [0.1, 0.15) is 5.82 Å². The highest BCUT2D eigenvalue weighted by molar-refractivity contribution is 5.89. The third-order valence-electron chi connectivity index (χ3n) is 3.86. The molecule has 2 rings (SSSR count). The van der Waals surface area contributed by atoms with Crippen LogP contribution in [-0.2, 0) is 6.54 Å². The predicted octanol–water partition coefficient (Wildman–Crippen LogP) is 2.05. The fraction of sp³-hybridized carbons (Fsp3) is 0.533. The van der Waals surface area contributed by atoms with Crippen LogP contribution in [0.15, 0.2) is 18.2 Å². The summed E-state index contributed by atoms with van der Waals surface area (Å²) < 4.78 is 13.2. The maximum atomic E-state index is 13.2. The zero-order chi connectivity index (χ0) is 14.7. The largest absolute Gasteiger partial charge is 0.478 e. The number of halogens is 1. The van der Waals surface area contributed by atoms with Crippen LogP contribution < -0.4 is 0 Å². The molecular weight excluding hydrogens is 259 g/mol. The van der Waals surface area contributed by atoms with Gasteiger partial charge in [-0.25, -0.2) is 9.18 Å². The number of hydrogen-bond donors (Lipinski definition) is 1. The Bertz CT molecular complexity index is 493. The molecule has 20 heavy (non-hydrogen) atoms. The van der Waals surface area contributed by atoms with Crippen molar-refractivity contribution in [3.63, 3.8) is 0 Å². The van der Waals surface area contributed by atoms with Crippen molar-refractivity contribution in [1.29, 1.82) is 0 Å². The summed E-state index contributed by atoms with van der Waals surface area (Å²) in [5.41, 5.74) is 0.741. The van der Waals surface area contributed by atoms with Gasteiger partial charge in [-0.1, -0.05) is 6.07 Å². The van der Waals surface area contributed by atoms with Gasteiger partial charge < -0.3 is 10.0 Å². The molecule has 1 aliphatic rings. The van der Waals surface area contributed by atoms with E-state index in [9.17, 15) is 14.3 Å². The molecule has 1 aromatic carbocycles. The number of carboxylic acids is 1. The first-order valence-electron chi connectivity index (χ1n) is 6.91. The third kappa shape index (κ3) is 3.55. The van der Waals surface area contributed by atoms with Gasteiger partial charge in [0.05, 0.1) is 5.56 Å². The Morgan fingerprint density at radius 3 is 2.90 bits per heavy atom. The Kier molecular flexibility index (Phi) is 4.73. The Morgan fingerprint density at radius 2 is 2.20 bits per heavy atom. The highest BCUT2D eigenvalue weighted by Crippen LogP contribution is 2.17. The zero-order valence-electron chi connectivity index (χ0n) is 12.0. The second kappa shape index (κ2) is 6.33. The van der Waals surface area contributed by atoms with Crippen LogP contribution in [-0.4, -0.2) is 53.6 Å². The van der Waals surface area contributed by atoms with E-state index in [0.29, 0.717) is 18.2 Å². The fourth-order valence-electron chi connectivity index (χ4n) is 2.76. The fourth-order valence-corrected chi connectivity index (χ4v) is 2.76. The highest BCUT2D eigenvalue weighted by atomic mass is 19.1. The molecule has 1 heterocycles. The summed E-state index contributed by atoms with van der Waals surface area (Å²) in [6.45, 7) is 5.64. The maximum Gasteiger partial charge on any atom is 0.336 e. The van der Waals surface area contributed by atoms with E-state index < -0.39 is 11.8 Å². The van der Waals surface area contributed by atoms with Crippen LogP contribution in [0.1, 0.15) is 29.3 Å². The average molecular weight is 280 g/mol. The summed E-state index contributed by atoms with van der Waals surface area (Å²) in [4.78, 5) is 15.8. The number of nitrogens with zero attached hydrogens (tertiary/aromatic N) is 2. The van der Waals surface area contributed by atoms with Gasteiger partial charge >= 0.3 is 5.97 Å². The van der Waals surface area contributed by atoms with Gasteiger partial charge in [0.15, 0.2) is 0 Å². The maximum absolute atomic E-state index is 13.2. The number of rotatable bonds is 3. The van der Waals surface area contributed by atoms with Crippen LogP contribution in [0.4, 0.5) is 4.39 Å². The molecule has 1 aromatic rings. The molecule has 0 bridgehead atoms. The SMILES string of the molecule is CC1CN(C)CCCN1Cc1ccc(F)cc1C(=O)O. The smallest absolute Gasteiger partial charge is 0.336 e. The van der Waals surface area contributed by atoms with E-state index in [1.165, 1.54) is 6.07 Å². The van der Waals surface area contributed by atoms with Crippen molar-refractivity contribution in [3.8, 4) is 0 Å². The normalized spacial score (nSPS) is 21.6. The number of carboxylic acid groups (broad SMARTS) is 1. The summed E-state index contributed by atoms with van der Waals surface area (Å²) in [6.07, 6.45) is 1.06. The van der Waals surface area contributed by atoms with E-state index in [-0.39, 0.29) is 5.56 Å². The first-order chi connectivity index (χ1) is 9.47. The van der Waals surface area contributed by atoms with Crippen LogP contribution in [0.2, 0.25) is 0 Å². The first-order valence-corrected chi connectivity index (χ1v) is 6.91. The van der Waals surface area contributed by atoms with Gasteiger partial charge in [-0.2, -0.15) is 0 Å². The Morgan fingerprint density at radius 1 is 1.45 bits per heavy atom. The zero-order valence-corrected chi connectivity index (χ0v) is 12.0. The molecule has 0 radical (unpaired) electrons. The minimum Gasteiger partial charge on any atom is -0.478 e. The van der Waals surface area contributed by atoms with Crippen molar-refractivity contribution >= 4 is 5.97 Å². The van der Waals surface area contributed by atoms with Gasteiger partial charge in [0, 0.05) is 25.7 Å². The van der Waals surface area contributed by atoms with Crippen LogP contribution in [0.3, 0.4) is 0 Å². The van der Waals surface area contributed by atoms with Gasteiger partial charge in [-0.05, 0) is 44.6 Å². The molecule has 0 saturated carbocycles. The molecule has 1 N–H and O–H groups in total. The van der Waals surface area contributed by atoms with Crippen LogP contribution >= 0.6 is 0 Å². The van der Waals surface area contributed by atoms with E-state index in [1.807, 2.05) is 0 Å².